The second-order valence-corrected chi connectivity index (χ2v) is 10.5. The predicted octanol–water partition coefficient (Wildman–Crippen LogP) is 6.49. The van der Waals surface area contributed by atoms with Gasteiger partial charge in [-0.15, -0.1) is 0 Å². The lowest BCUT2D eigenvalue weighted by Gasteiger charge is -2.37. The van der Waals surface area contributed by atoms with Crippen molar-refractivity contribution in [1.29, 1.82) is 0 Å². The van der Waals surface area contributed by atoms with E-state index in [0.29, 0.717) is 41.0 Å². The van der Waals surface area contributed by atoms with Crippen molar-refractivity contribution in [3.8, 4) is 23.0 Å². The van der Waals surface area contributed by atoms with Crippen LogP contribution in [0.4, 0.5) is 0 Å². The minimum Gasteiger partial charge on any atom is -0.478 e. The van der Waals surface area contributed by atoms with Gasteiger partial charge in [0, 0.05) is 42.7 Å². The summed E-state index contributed by atoms with van der Waals surface area (Å²) >= 11 is 0. The molecule has 0 atom stereocenters. The Bertz CT molecular complexity index is 1540. The molecule has 0 aromatic heterocycles. The molecule has 0 amide bonds. The number of carbonyl (C=O) groups excluding carboxylic acids is 3. The van der Waals surface area contributed by atoms with Crippen molar-refractivity contribution in [2.45, 2.75) is 71.8 Å². The summed E-state index contributed by atoms with van der Waals surface area (Å²) in [5, 5.41) is 9.83. The Morgan fingerprint density at radius 2 is 1.31 bits per heavy atom. The maximum atomic E-state index is 13.4. The van der Waals surface area contributed by atoms with E-state index in [9.17, 15) is 24.3 Å². The number of hydrogen-bond donors (Lipinski definition) is 1. The van der Waals surface area contributed by atoms with E-state index in [-0.39, 0.29) is 22.6 Å². The quantitative estimate of drug-likeness (QED) is 0.226. The van der Waals surface area contributed by atoms with E-state index < -0.39 is 29.5 Å². The summed E-state index contributed by atoms with van der Waals surface area (Å²) in [7, 11) is 0. The summed E-state index contributed by atoms with van der Waals surface area (Å²) in [6.45, 7) is 6.72. The van der Waals surface area contributed by atoms with Crippen molar-refractivity contribution >= 4 is 23.9 Å². The van der Waals surface area contributed by atoms with Gasteiger partial charge in [0.25, 0.3) is 0 Å². The van der Waals surface area contributed by atoms with Crippen LogP contribution in [0.1, 0.15) is 102 Å². The van der Waals surface area contributed by atoms with Gasteiger partial charge in [0.1, 0.15) is 23.0 Å². The highest BCUT2D eigenvalue weighted by Crippen LogP contribution is 2.58. The molecule has 0 aliphatic carbocycles. The first kappa shape index (κ1) is 28.9. The number of benzene rings is 3. The minimum atomic E-state index is -1.56. The Hall–Kier alpha value is -4.66. The fourth-order valence-corrected chi connectivity index (χ4v) is 5.62. The third-order valence-corrected chi connectivity index (χ3v) is 7.52. The first-order chi connectivity index (χ1) is 20.1. The Balaban J connectivity index is 1.85. The minimum absolute atomic E-state index is 0.00787. The number of esters is 3. The van der Waals surface area contributed by atoms with Crippen molar-refractivity contribution in [3.05, 3.63) is 81.4 Å². The summed E-state index contributed by atoms with van der Waals surface area (Å²) in [6.07, 6.45) is 4.56. The molecule has 1 spiro atoms. The van der Waals surface area contributed by atoms with Crippen LogP contribution in [0, 0.1) is 0 Å². The molecular formula is C33H32O9. The SMILES string of the molecule is CCCCc1cc2c(cc1OC(C)=O)Oc1cc(OC(C)=O)c(CCCC)cc1C21OC(=O)c2ccc(C(=O)O)cc21. The molecule has 0 unspecified atom stereocenters. The van der Waals surface area contributed by atoms with E-state index >= 15 is 0 Å². The monoisotopic (exact) mass is 572 g/mol. The van der Waals surface area contributed by atoms with Crippen molar-refractivity contribution in [2.75, 3.05) is 0 Å². The highest BCUT2D eigenvalue weighted by molar-refractivity contribution is 5.99. The molecule has 9 nitrogen and oxygen atoms in total. The lowest BCUT2D eigenvalue weighted by atomic mass is 9.75. The van der Waals surface area contributed by atoms with Crippen LogP contribution in [0.2, 0.25) is 0 Å². The highest BCUT2D eigenvalue weighted by atomic mass is 16.6. The number of hydrogen-bond acceptors (Lipinski definition) is 8. The Kier molecular flexibility index (Phi) is 7.77. The van der Waals surface area contributed by atoms with Gasteiger partial charge in [-0.3, -0.25) is 9.59 Å². The van der Waals surface area contributed by atoms with Crippen LogP contribution in [-0.2, 0) is 32.8 Å². The van der Waals surface area contributed by atoms with Crippen LogP contribution in [0.5, 0.6) is 23.0 Å². The van der Waals surface area contributed by atoms with Gasteiger partial charge in [-0.2, -0.15) is 0 Å². The standard InChI is InChI=1S/C33H32O9/c1-5-7-9-20-13-25-29(16-27(20)39-18(3)34)41-30-17-28(40-19(4)35)21(10-8-6-2)14-26(30)33(25)24-15-22(31(36)37)11-12-23(24)32(38)42-33/h11-17H,5-10H2,1-4H3,(H,36,37). The van der Waals surface area contributed by atoms with Gasteiger partial charge in [-0.1, -0.05) is 26.7 Å². The van der Waals surface area contributed by atoms with Gasteiger partial charge < -0.3 is 24.1 Å². The molecular weight excluding hydrogens is 540 g/mol. The zero-order chi connectivity index (χ0) is 30.2. The van der Waals surface area contributed by atoms with Crippen LogP contribution in [-0.4, -0.2) is 29.0 Å². The van der Waals surface area contributed by atoms with E-state index in [4.69, 9.17) is 18.9 Å². The molecule has 1 N–H and O–H groups in total. The molecule has 5 rings (SSSR count). The number of carboxylic acids is 1. The van der Waals surface area contributed by atoms with Gasteiger partial charge in [-0.05, 0) is 67.1 Å². The topological polar surface area (TPSA) is 125 Å². The third-order valence-electron chi connectivity index (χ3n) is 7.52. The lowest BCUT2D eigenvalue weighted by molar-refractivity contribution is -0.132. The zero-order valence-corrected chi connectivity index (χ0v) is 24.0. The Labute approximate surface area is 243 Å². The average molecular weight is 573 g/mol. The number of carboxylic acid groups (broad SMARTS) is 1. The van der Waals surface area contributed by atoms with Gasteiger partial charge in [0.2, 0.25) is 0 Å². The van der Waals surface area contributed by atoms with Crippen molar-refractivity contribution in [3.63, 3.8) is 0 Å². The number of rotatable bonds is 9. The third kappa shape index (κ3) is 5.00. The Morgan fingerprint density at radius 1 is 0.786 bits per heavy atom. The summed E-state index contributed by atoms with van der Waals surface area (Å²) in [5.74, 6) is -1.61. The maximum Gasteiger partial charge on any atom is 0.340 e. The average Bonchev–Trinajstić information content (AvgIpc) is 3.22. The number of carbonyl (C=O) groups is 4. The van der Waals surface area contributed by atoms with Crippen molar-refractivity contribution < 1.29 is 43.2 Å². The normalized spacial score (nSPS) is 13.9. The molecule has 0 bridgehead atoms. The van der Waals surface area contributed by atoms with E-state index in [0.717, 1.165) is 36.8 Å². The fourth-order valence-electron chi connectivity index (χ4n) is 5.62. The van der Waals surface area contributed by atoms with Crippen LogP contribution in [0.3, 0.4) is 0 Å². The van der Waals surface area contributed by atoms with Crippen molar-refractivity contribution in [2.24, 2.45) is 0 Å². The number of ether oxygens (including phenoxy) is 4. The number of unbranched alkanes of at least 4 members (excludes halogenated alkanes) is 2. The molecule has 2 heterocycles. The molecule has 9 heteroatoms. The molecule has 0 saturated carbocycles. The molecule has 0 radical (unpaired) electrons. The van der Waals surface area contributed by atoms with E-state index in [1.54, 1.807) is 12.1 Å². The summed E-state index contributed by atoms with van der Waals surface area (Å²) < 4.78 is 23.8. The molecule has 2 aliphatic rings. The maximum absolute atomic E-state index is 13.4. The lowest BCUT2D eigenvalue weighted by Crippen LogP contribution is -2.33. The van der Waals surface area contributed by atoms with Gasteiger partial charge in [0.05, 0.1) is 11.1 Å². The number of aryl methyl sites for hydroxylation is 2. The van der Waals surface area contributed by atoms with Gasteiger partial charge in [0.15, 0.2) is 5.60 Å². The van der Waals surface area contributed by atoms with Crippen LogP contribution < -0.4 is 14.2 Å². The second kappa shape index (κ2) is 11.3. The molecule has 3 aromatic carbocycles. The molecule has 42 heavy (non-hydrogen) atoms. The van der Waals surface area contributed by atoms with Crippen LogP contribution in [0.15, 0.2) is 42.5 Å². The second-order valence-electron chi connectivity index (χ2n) is 10.5. The highest BCUT2D eigenvalue weighted by Gasteiger charge is 2.54. The molecule has 2 aliphatic heterocycles. The summed E-state index contributed by atoms with van der Waals surface area (Å²) in [4.78, 5) is 49.5. The number of fused-ring (bicyclic) bond motifs is 6. The van der Waals surface area contributed by atoms with Gasteiger partial charge in [-0.25, -0.2) is 9.59 Å². The molecule has 0 fully saturated rings. The first-order valence-electron chi connectivity index (χ1n) is 14.1. The van der Waals surface area contributed by atoms with Crippen LogP contribution in [0.25, 0.3) is 0 Å². The largest absolute Gasteiger partial charge is 0.478 e. The van der Waals surface area contributed by atoms with Crippen LogP contribution >= 0.6 is 0 Å². The summed E-state index contributed by atoms with van der Waals surface area (Å²) in [5.41, 5.74) is 1.43. The van der Waals surface area contributed by atoms with E-state index in [2.05, 4.69) is 0 Å². The summed E-state index contributed by atoms with van der Waals surface area (Å²) in [6, 6.07) is 11.1. The molecule has 0 saturated heterocycles. The smallest absolute Gasteiger partial charge is 0.340 e. The molecule has 3 aromatic rings. The first-order valence-corrected chi connectivity index (χ1v) is 14.1. The molecule has 218 valence electrons. The number of aromatic carboxylic acids is 1. The van der Waals surface area contributed by atoms with E-state index in [1.807, 2.05) is 26.0 Å². The van der Waals surface area contributed by atoms with Gasteiger partial charge >= 0.3 is 23.9 Å². The zero-order valence-electron chi connectivity index (χ0n) is 24.0. The fraction of sp³-hybridized carbons (Fsp3) is 0.333. The van der Waals surface area contributed by atoms with E-state index in [1.165, 1.54) is 32.0 Å². The van der Waals surface area contributed by atoms with Crippen molar-refractivity contribution in [1.82, 2.24) is 0 Å². The predicted molar refractivity (Wildman–Crippen MR) is 151 cm³/mol. The Morgan fingerprint density at radius 3 is 1.76 bits per heavy atom.